The van der Waals surface area contributed by atoms with Gasteiger partial charge in [0.1, 0.15) is 5.75 Å². The Labute approximate surface area is 151 Å². The number of hydrogen-bond acceptors (Lipinski definition) is 4. The van der Waals surface area contributed by atoms with Crippen LogP contribution in [0.3, 0.4) is 0 Å². The number of ether oxygens (including phenoxy) is 2. The predicted molar refractivity (Wildman–Crippen MR) is 97.5 cm³/mol. The zero-order chi connectivity index (χ0) is 17.4. The number of methoxy groups -OCH3 is 1. The monoisotopic (exact) mass is 367 g/mol. The van der Waals surface area contributed by atoms with Crippen LogP contribution in [0.25, 0.3) is 0 Å². The number of unbranched alkanes of at least 4 members (excludes halogenated alkanes) is 1. The molecule has 0 fully saturated rings. The van der Waals surface area contributed by atoms with Gasteiger partial charge in [0.15, 0.2) is 0 Å². The van der Waals surface area contributed by atoms with Gasteiger partial charge in [-0.25, -0.2) is 4.79 Å². The van der Waals surface area contributed by atoms with Crippen molar-refractivity contribution >= 4 is 34.9 Å². The van der Waals surface area contributed by atoms with E-state index in [-0.39, 0.29) is 0 Å². The first-order valence-electron chi connectivity index (χ1n) is 7.60. The summed E-state index contributed by atoms with van der Waals surface area (Å²) in [4.78, 5) is 11.8. The van der Waals surface area contributed by atoms with E-state index in [1.165, 1.54) is 7.11 Å². The molecule has 2 rings (SSSR count). The van der Waals surface area contributed by atoms with Crippen molar-refractivity contribution in [3.8, 4) is 5.75 Å². The number of esters is 1. The molecule has 4 nitrogen and oxygen atoms in total. The average molecular weight is 368 g/mol. The van der Waals surface area contributed by atoms with Crippen LogP contribution in [-0.4, -0.2) is 26.2 Å². The van der Waals surface area contributed by atoms with Crippen LogP contribution in [0.15, 0.2) is 42.5 Å². The molecule has 128 valence electrons. The molecule has 0 bridgehead atoms. The average Bonchev–Trinajstić information content (AvgIpc) is 2.59. The summed E-state index contributed by atoms with van der Waals surface area (Å²) >= 11 is 11.8. The van der Waals surface area contributed by atoms with Gasteiger partial charge in [-0.3, -0.25) is 0 Å². The minimum Gasteiger partial charge on any atom is -0.494 e. The van der Waals surface area contributed by atoms with Crippen LogP contribution >= 0.6 is 23.2 Å². The molecular weight excluding hydrogens is 349 g/mol. The fourth-order valence-electron chi connectivity index (χ4n) is 2.12. The van der Waals surface area contributed by atoms with Gasteiger partial charge in [0.25, 0.3) is 0 Å². The highest BCUT2D eigenvalue weighted by Gasteiger charge is 2.12. The van der Waals surface area contributed by atoms with E-state index in [4.69, 9.17) is 32.7 Å². The third-order valence-corrected chi connectivity index (χ3v) is 3.84. The van der Waals surface area contributed by atoms with Crippen molar-refractivity contribution in [1.29, 1.82) is 0 Å². The van der Waals surface area contributed by atoms with E-state index in [0.717, 1.165) is 25.1 Å². The summed E-state index contributed by atoms with van der Waals surface area (Å²) in [6.45, 7) is 1.34. The highest BCUT2D eigenvalue weighted by atomic mass is 35.5. The highest BCUT2D eigenvalue weighted by molar-refractivity contribution is 6.31. The maximum Gasteiger partial charge on any atom is 0.340 e. The molecule has 6 heteroatoms. The van der Waals surface area contributed by atoms with Crippen LogP contribution in [0.4, 0.5) is 5.69 Å². The van der Waals surface area contributed by atoms with Gasteiger partial charge in [-0.05, 0) is 55.3 Å². The quantitative estimate of drug-likeness (QED) is 0.523. The maximum absolute atomic E-state index is 11.8. The van der Waals surface area contributed by atoms with Crippen LogP contribution < -0.4 is 10.1 Å². The smallest absolute Gasteiger partial charge is 0.340 e. The molecule has 0 aliphatic carbocycles. The Hall–Kier alpha value is -1.91. The lowest BCUT2D eigenvalue weighted by Gasteiger charge is -2.11. The molecule has 0 unspecified atom stereocenters. The summed E-state index contributed by atoms with van der Waals surface area (Å²) in [5.74, 6) is 0.393. The molecule has 0 saturated carbocycles. The predicted octanol–water partition coefficient (Wildman–Crippen LogP) is 5.05. The molecule has 24 heavy (non-hydrogen) atoms. The number of carbonyl (C=O) groups excluding carboxylic acids is 1. The summed E-state index contributed by atoms with van der Waals surface area (Å²) in [5, 5.41) is 4.42. The van der Waals surface area contributed by atoms with Gasteiger partial charge < -0.3 is 14.8 Å². The molecule has 0 spiro atoms. The molecule has 2 aromatic rings. The number of halogens is 2. The number of nitrogens with one attached hydrogen (secondary N) is 1. The van der Waals surface area contributed by atoms with Gasteiger partial charge >= 0.3 is 5.97 Å². The summed E-state index contributed by atoms with van der Waals surface area (Å²) < 4.78 is 10.4. The second-order valence-electron chi connectivity index (χ2n) is 5.12. The third-order valence-electron chi connectivity index (χ3n) is 3.36. The largest absolute Gasteiger partial charge is 0.494 e. The molecule has 0 heterocycles. The molecule has 1 N–H and O–H groups in total. The minimum atomic E-state index is -0.411. The Morgan fingerprint density at radius 3 is 2.46 bits per heavy atom. The molecule has 2 aromatic carbocycles. The Balaban J connectivity index is 1.74. The first-order valence-corrected chi connectivity index (χ1v) is 8.36. The van der Waals surface area contributed by atoms with Crippen LogP contribution in [-0.2, 0) is 4.74 Å². The summed E-state index contributed by atoms with van der Waals surface area (Å²) in [7, 11) is 1.35. The first kappa shape index (κ1) is 18.4. The third kappa shape index (κ3) is 5.62. The molecule has 0 aliphatic heterocycles. The van der Waals surface area contributed by atoms with Crippen LogP contribution in [0.1, 0.15) is 23.2 Å². The van der Waals surface area contributed by atoms with E-state index in [1.807, 2.05) is 12.1 Å². The van der Waals surface area contributed by atoms with Crippen molar-refractivity contribution in [3.63, 3.8) is 0 Å². The maximum atomic E-state index is 11.8. The highest BCUT2D eigenvalue weighted by Crippen LogP contribution is 2.21. The molecule has 0 aromatic heterocycles. The topological polar surface area (TPSA) is 47.6 Å². The van der Waals surface area contributed by atoms with Crippen LogP contribution in [0.2, 0.25) is 10.0 Å². The van der Waals surface area contributed by atoms with Crippen LogP contribution in [0, 0.1) is 0 Å². The zero-order valence-electron chi connectivity index (χ0n) is 13.4. The number of rotatable bonds is 8. The summed E-state index contributed by atoms with van der Waals surface area (Å²) in [6, 6.07) is 12.4. The standard InChI is InChI=1S/C18H19Cl2NO3/c1-23-18(22)16-12-14(20)6-9-17(16)21-10-2-3-11-24-15-7-4-13(19)5-8-15/h4-9,12,21H,2-3,10-11H2,1H3. The summed E-state index contributed by atoms with van der Waals surface area (Å²) in [5.41, 5.74) is 1.15. The molecule has 0 atom stereocenters. The fourth-order valence-corrected chi connectivity index (χ4v) is 2.42. The second kappa shape index (κ2) is 9.40. The van der Waals surface area contributed by atoms with Gasteiger partial charge in [0.05, 0.1) is 19.3 Å². The first-order chi connectivity index (χ1) is 11.6. The SMILES string of the molecule is COC(=O)c1cc(Cl)ccc1NCCCCOc1ccc(Cl)cc1. The van der Waals surface area contributed by atoms with E-state index in [2.05, 4.69) is 5.32 Å². The van der Waals surface area contributed by atoms with E-state index in [1.54, 1.807) is 30.3 Å². The Bertz CT molecular complexity index is 674. The molecule has 0 saturated heterocycles. The number of anilines is 1. The van der Waals surface area contributed by atoms with E-state index < -0.39 is 5.97 Å². The van der Waals surface area contributed by atoms with Gasteiger partial charge in [-0.1, -0.05) is 23.2 Å². The van der Waals surface area contributed by atoms with Gasteiger partial charge in [0, 0.05) is 22.3 Å². The van der Waals surface area contributed by atoms with Gasteiger partial charge in [-0.15, -0.1) is 0 Å². The lowest BCUT2D eigenvalue weighted by Crippen LogP contribution is -2.10. The van der Waals surface area contributed by atoms with Crippen LogP contribution in [0.5, 0.6) is 5.75 Å². The Morgan fingerprint density at radius 1 is 1.04 bits per heavy atom. The second-order valence-corrected chi connectivity index (χ2v) is 5.99. The molecule has 0 aliphatic rings. The van der Waals surface area contributed by atoms with Crippen molar-refractivity contribution in [1.82, 2.24) is 0 Å². The Morgan fingerprint density at radius 2 is 1.75 bits per heavy atom. The molecule has 0 amide bonds. The van der Waals surface area contributed by atoms with Crippen molar-refractivity contribution in [3.05, 3.63) is 58.1 Å². The normalized spacial score (nSPS) is 10.3. The van der Waals surface area contributed by atoms with E-state index >= 15 is 0 Å². The fraction of sp³-hybridized carbons (Fsp3) is 0.278. The van der Waals surface area contributed by atoms with Crippen molar-refractivity contribution in [2.45, 2.75) is 12.8 Å². The Kier molecular flexibility index (Phi) is 7.22. The van der Waals surface area contributed by atoms with Gasteiger partial charge in [-0.2, -0.15) is 0 Å². The van der Waals surface area contributed by atoms with E-state index in [0.29, 0.717) is 27.9 Å². The van der Waals surface area contributed by atoms with Crippen molar-refractivity contribution in [2.75, 3.05) is 25.6 Å². The molecular formula is C18H19Cl2NO3. The van der Waals surface area contributed by atoms with Gasteiger partial charge in [0.2, 0.25) is 0 Å². The lowest BCUT2D eigenvalue weighted by molar-refractivity contribution is 0.0602. The number of benzene rings is 2. The number of hydrogen-bond donors (Lipinski definition) is 1. The lowest BCUT2D eigenvalue weighted by atomic mass is 10.1. The summed E-state index contributed by atoms with van der Waals surface area (Å²) in [6.07, 6.45) is 1.79. The zero-order valence-corrected chi connectivity index (χ0v) is 14.9. The van der Waals surface area contributed by atoms with E-state index in [9.17, 15) is 4.79 Å². The molecule has 0 radical (unpaired) electrons. The van der Waals surface area contributed by atoms with Crippen molar-refractivity contribution in [2.24, 2.45) is 0 Å². The number of carbonyl (C=O) groups is 1. The minimum absolute atomic E-state index is 0.411. The van der Waals surface area contributed by atoms with Crippen molar-refractivity contribution < 1.29 is 14.3 Å².